The zero-order valence-corrected chi connectivity index (χ0v) is 10.2. The number of rotatable bonds is 6. The van der Waals surface area contributed by atoms with Crippen molar-refractivity contribution in [3.63, 3.8) is 0 Å². The van der Waals surface area contributed by atoms with Crippen LogP contribution in [0.5, 0.6) is 0 Å². The first-order valence-electron chi connectivity index (χ1n) is 5.65. The van der Waals surface area contributed by atoms with Crippen molar-refractivity contribution in [2.45, 2.75) is 32.2 Å². The lowest BCUT2D eigenvalue weighted by atomic mass is 10.1. The predicted molar refractivity (Wildman–Crippen MR) is 60.8 cm³/mol. The molecule has 0 aromatic heterocycles. The number of sulfone groups is 1. The summed E-state index contributed by atoms with van der Waals surface area (Å²) in [7, 11) is -2.87. The molecule has 1 atom stereocenters. The van der Waals surface area contributed by atoms with Crippen LogP contribution in [0.25, 0.3) is 0 Å². The van der Waals surface area contributed by atoms with Gasteiger partial charge >= 0.3 is 0 Å². The highest BCUT2D eigenvalue weighted by atomic mass is 32.2. The number of hydrogen-bond acceptors (Lipinski definition) is 4. The van der Waals surface area contributed by atoms with Gasteiger partial charge in [-0.05, 0) is 19.4 Å². The molecule has 1 fully saturated rings. The van der Waals surface area contributed by atoms with Gasteiger partial charge in [-0.1, -0.05) is 13.3 Å². The molecule has 0 aromatic carbocycles. The number of piperidine rings is 1. The van der Waals surface area contributed by atoms with E-state index in [1.54, 1.807) is 6.92 Å². The lowest BCUT2D eigenvalue weighted by molar-refractivity contribution is 0.115. The molecule has 1 N–H and O–H groups in total. The third-order valence-electron chi connectivity index (χ3n) is 2.71. The van der Waals surface area contributed by atoms with Gasteiger partial charge in [0.2, 0.25) is 0 Å². The standard InChI is InChI=1S/C10H21NO3S/c1-2-15(12,13)8-7-14-9-10-5-3-4-6-11-10/h10-11H,2-9H2,1H3. The monoisotopic (exact) mass is 235 g/mol. The Morgan fingerprint density at radius 1 is 1.40 bits per heavy atom. The molecule has 0 aliphatic carbocycles. The van der Waals surface area contributed by atoms with Crippen LogP contribution in [0.2, 0.25) is 0 Å². The summed E-state index contributed by atoms with van der Waals surface area (Å²) in [4.78, 5) is 0. The molecule has 0 spiro atoms. The second-order valence-electron chi connectivity index (χ2n) is 3.96. The number of nitrogens with one attached hydrogen (secondary N) is 1. The van der Waals surface area contributed by atoms with Crippen LogP contribution in [-0.4, -0.2) is 45.7 Å². The van der Waals surface area contributed by atoms with Crippen LogP contribution < -0.4 is 5.32 Å². The summed E-state index contributed by atoms with van der Waals surface area (Å²) in [6.45, 7) is 3.69. The molecule has 1 saturated heterocycles. The largest absolute Gasteiger partial charge is 0.379 e. The van der Waals surface area contributed by atoms with E-state index < -0.39 is 9.84 Å². The van der Waals surface area contributed by atoms with Gasteiger partial charge in [-0.3, -0.25) is 0 Å². The highest BCUT2D eigenvalue weighted by molar-refractivity contribution is 7.91. The number of hydrogen-bond donors (Lipinski definition) is 1. The van der Waals surface area contributed by atoms with Gasteiger partial charge in [-0.25, -0.2) is 8.42 Å². The quantitative estimate of drug-likeness (QED) is 0.684. The van der Waals surface area contributed by atoms with E-state index >= 15 is 0 Å². The van der Waals surface area contributed by atoms with Crippen molar-refractivity contribution in [1.82, 2.24) is 5.32 Å². The molecule has 5 heteroatoms. The molecule has 1 aliphatic heterocycles. The fourth-order valence-electron chi connectivity index (χ4n) is 1.62. The van der Waals surface area contributed by atoms with Gasteiger partial charge in [0, 0.05) is 11.8 Å². The van der Waals surface area contributed by atoms with Crippen LogP contribution in [-0.2, 0) is 14.6 Å². The van der Waals surface area contributed by atoms with Crippen molar-refractivity contribution in [1.29, 1.82) is 0 Å². The average molecular weight is 235 g/mol. The summed E-state index contributed by atoms with van der Waals surface area (Å²) in [5, 5.41) is 3.36. The Morgan fingerprint density at radius 3 is 2.80 bits per heavy atom. The lowest BCUT2D eigenvalue weighted by Crippen LogP contribution is -2.37. The first-order valence-corrected chi connectivity index (χ1v) is 7.48. The molecule has 1 rings (SSSR count). The molecule has 0 saturated carbocycles. The van der Waals surface area contributed by atoms with Gasteiger partial charge in [-0.2, -0.15) is 0 Å². The van der Waals surface area contributed by atoms with Crippen LogP contribution >= 0.6 is 0 Å². The minimum Gasteiger partial charge on any atom is -0.379 e. The van der Waals surface area contributed by atoms with Gasteiger partial charge in [0.25, 0.3) is 0 Å². The van der Waals surface area contributed by atoms with E-state index in [1.165, 1.54) is 12.8 Å². The Balaban J connectivity index is 2.06. The first-order chi connectivity index (χ1) is 7.14. The van der Waals surface area contributed by atoms with E-state index in [1.807, 2.05) is 0 Å². The molecule has 1 aliphatic rings. The van der Waals surface area contributed by atoms with Crippen LogP contribution in [0.3, 0.4) is 0 Å². The Bertz CT molecular complexity index is 258. The smallest absolute Gasteiger partial charge is 0.152 e. The van der Waals surface area contributed by atoms with Gasteiger partial charge in [0.15, 0.2) is 9.84 Å². The molecule has 15 heavy (non-hydrogen) atoms. The van der Waals surface area contributed by atoms with Crippen molar-refractivity contribution in [2.24, 2.45) is 0 Å². The lowest BCUT2D eigenvalue weighted by Gasteiger charge is -2.23. The molecule has 0 radical (unpaired) electrons. The summed E-state index contributed by atoms with van der Waals surface area (Å²) >= 11 is 0. The zero-order valence-electron chi connectivity index (χ0n) is 9.37. The van der Waals surface area contributed by atoms with E-state index in [9.17, 15) is 8.42 Å². The molecular weight excluding hydrogens is 214 g/mol. The number of ether oxygens (including phenoxy) is 1. The highest BCUT2D eigenvalue weighted by Crippen LogP contribution is 2.06. The third kappa shape index (κ3) is 5.49. The summed E-state index contributed by atoms with van der Waals surface area (Å²) in [6.07, 6.45) is 3.62. The molecule has 1 heterocycles. The second kappa shape index (κ2) is 6.45. The van der Waals surface area contributed by atoms with Crippen molar-refractivity contribution in [2.75, 3.05) is 31.3 Å². The van der Waals surface area contributed by atoms with Crippen molar-refractivity contribution in [3.8, 4) is 0 Å². The molecule has 0 amide bonds. The van der Waals surface area contributed by atoms with E-state index in [2.05, 4.69) is 5.32 Å². The first kappa shape index (κ1) is 12.9. The molecule has 90 valence electrons. The molecule has 4 nitrogen and oxygen atoms in total. The maximum Gasteiger partial charge on any atom is 0.152 e. The summed E-state index contributed by atoms with van der Waals surface area (Å²) < 4.78 is 27.7. The second-order valence-corrected chi connectivity index (χ2v) is 6.43. The van der Waals surface area contributed by atoms with E-state index in [-0.39, 0.29) is 11.5 Å². The van der Waals surface area contributed by atoms with Crippen LogP contribution in [0.15, 0.2) is 0 Å². The van der Waals surface area contributed by atoms with Crippen molar-refractivity contribution >= 4 is 9.84 Å². The highest BCUT2D eigenvalue weighted by Gasteiger charge is 2.13. The summed E-state index contributed by atoms with van der Waals surface area (Å²) in [5.74, 6) is 0.355. The van der Waals surface area contributed by atoms with Crippen LogP contribution in [0, 0.1) is 0 Å². The van der Waals surface area contributed by atoms with Crippen LogP contribution in [0.1, 0.15) is 26.2 Å². The molecule has 1 unspecified atom stereocenters. The topological polar surface area (TPSA) is 55.4 Å². The minimum atomic E-state index is -2.87. The maximum atomic E-state index is 11.2. The molecular formula is C10H21NO3S. The van der Waals surface area contributed by atoms with Crippen LogP contribution in [0.4, 0.5) is 0 Å². The average Bonchev–Trinajstić information content (AvgIpc) is 2.26. The van der Waals surface area contributed by atoms with Gasteiger partial charge in [-0.15, -0.1) is 0 Å². The Hall–Kier alpha value is -0.130. The van der Waals surface area contributed by atoms with Gasteiger partial charge in [0.05, 0.1) is 19.0 Å². The SMILES string of the molecule is CCS(=O)(=O)CCOCC1CCCCN1. The normalized spacial score (nSPS) is 22.9. The van der Waals surface area contributed by atoms with E-state index in [0.29, 0.717) is 19.3 Å². The Kier molecular flexibility index (Phi) is 5.56. The Morgan fingerprint density at radius 2 is 2.20 bits per heavy atom. The molecule has 0 aromatic rings. The van der Waals surface area contributed by atoms with E-state index in [4.69, 9.17) is 4.74 Å². The fourth-order valence-corrected chi connectivity index (χ4v) is 2.28. The van der Waals surface area contributed by atoms with E-state index in [0.717, 1.165) is 13.0 Å². The Labute approximate surface area is 92.3 Å². The summed E-state index contributed by atoms with van der Waals surface area (Å²) in [6, 6.07) is 0.420. The third-order valence-corrected chi connectivity index (χ3v) is 4.38. The minimum absolute atomic E-state index is 0.149. The predicted octanol–water partition coefficient (Wildman–Crippen LogP) is 0.580. The van der Waals surface area contributed by atoms with Gasteiger partial charge < -0.3 is 10.1 Å². The zero-order chi connectivity index (χ0) is 11.1. The van der Waals surface area contributed by atoms with Gasteiger partial charge in [0.1, 0.15) is 0 Å². The van der Waals surface area contributed by atoms with Crippen molar-refractivity contribution < 1.29 is 13.2 Å². The van der Waals surface area contributed by atoms with Crippen molar-refractivity contribution in [3.05, 3.63) is 0 Å². The summed E-state index contributed by atoms with van der Waals surface area (Å²) in [5.41, 5.74) is 0. The fraction of sp³-hybridized carbons (Fsp3) is 1.00. The molecule has 0 bridgehead atoms. The maximum absolute atomic E-state index is 11.2.